The van der Waals surface area contributed by atoms with Gasteiger partial charge in [0.2, 0.25) is 0 Å². The molecule has 2 nitrogen and oxygen atoms in total. The van der Waals surface area contributed by atoms with Gasteiger partial charge in [0.25, 0.3) is 0 Å². The van der Waals surface area contributed by atoms with Crippen molar-refractivity contribution in [1.29, 1.82) is 0 Å². The van der Waals surface area contributed by atoms with Gasteiger partial charge in [-0.2, -0.15) is 0 Å². The minimum absolute atomic E-state index is 0.0616. The smallest absolute Gasteiger partial charge is 0.0648 e. The number of hydrogen-bond acceptors (Lipinski definition) is 2. The van der Waals surface area contributed by atoms with Crippen molar-refractivity contribution in [3.8, 4) is 0 Å². The van der Waals surface area contributed by atoms with Gasteiger partial charge in [0.05, 0.1) is 6.10 Å². The Balaban J connectivity index is 2.06. The molecule has 1 aliphatic rings. The Bertz CT molecular complexity index is 384. The molecule has 0 aromatic heterocycles. The lowest BCUT2D eigenvalue weighted by molar-refractivity contribution is 0.0548. The molecule has 1 fully saturated rings. The van der Waals surface area contributed by atoms with Crippen molar-refractivity contribution in [3.05, 3.63) is 34.3 Å². The maximum absolute atomic E-state index is 10.7. The zero-order chi connectivity index (χ0) is 13.8. The monoisotopic (exact) mass is 325 g/mol. The van der Waals surface area contributed by atoms with Crippen LogP contribution in [0, 0.1) is 11.8 Å². The van der Waals surface area contributed by atoms with E-state index in [2.05, 4.69) is 35.0 Å². The lowest BCUT2D eigenvalue weighted by Gasteiger charge is -2.34. The second-order valence-corrected chi connectivity index (χ2v) is 6.82. The molecule has 0 heterocycles. The minimum atomic E-state index is -0.307. The van der Waals surface area contributed by atoms with E-state index in [9.17, 15) is 5.11 Å². The van der Waals surface area contributed by atoms with E-state index in [1.54, 1.807) is 0 Å². The molecule has 0 radical (unpaired) electrons. The van der Waals surface area contributed by atoms with Crippen molar-refractivity contribution in [3.63, 3.8) is 0 Å². The van der Waals surface area contributed by atoms with Gasteiger partial charge in [-0.25, -0.2) is 0 Å². The number of rotatable bonds is 4. The maximum Gasteiger partial charge on any atom is 0.0648 e. The van der Waals surface area contributed by atoms with Crippen molar-refractivity contribution < 1.29 is 5.11 Å². The molecule has 1 saturated carbocycles. The standard InChI is InChI=1S/C16H24BrNO/c1-11-2-4-13(5-3-11)16(19)15(10-18)12-6-8-14(17)9-7-12/h6-9,11,13,15-16,19H,2-5,10,18H2,1H3. The molecule has 3 heteroatoms. The number of nitrogens with two attached hydrogens (primary N) is 1. The number of benzene rings is 1. The summed E-state index contributed by atoms with van der Waals surface area (Å²) < 4.78 is 1.06. The van der Waals surface area contributed by atoms with Crippen LogP contribution < -0.4 is 5.73 Å². The molecule has 19 heavy (non-hydrogen) atoms. The summed E-state index contributed by atoms with van der Waals surface area (Å²) in [6.07, 6.45) is 4.43. The molecule has 3 N–H and O–H groups in total. The summed E-state index contributed by atoms with van der Waals surface area (Å²) in [6.45, 7) is 2.81. The van der Waals surface area contributed by atoms with Crippen LogP contribution in [0.5, 0.6) is 0 Å². The van der Waals surface area contributed by atoms with Gasteiger partial charge in [-0.3, -0.25) is 0 Å². The summed E-state index contributed by atoms with van der Waals surface area (Å²) in [7, 11) is 0. The van der Waals surface area contributed by atoms with Gasteiger partial charge in [-0.05, 0) is 42.4 Å². The predicted octanol–water partition coefficient (Wildman–Crippen LogP) is 3.68. The molecule has 0 bridgehead atoms. The minimum Gasteiger partial charge on any atom is -0.392 e. The van der Waals surface area contributed by atoms with Crippen LogP contribution in [0.1, 0.15) is 44.1 Å². The van der Waals surface area contributed by atoms with Crippen molar-refractivity contribution in [2.24, 2.45) is 17.6 Å². The summed E-state index contributed by atoms with van der Waals surface area (Å²) in [5.41, 5.74) is 7.06. The fraction of sp³-hybridized carbons (Fsp3) is 0.625. The van der Waals surface area contributed by atoms with Gasteiger partial charge < -0.3 is 10.8 Å². The summed E-state index contributed by atoms with van der Waals surface area (Å²) >= 11 is 3.44. The molecule has 1 aliphatic carbocycles. The quantitative estimate of drug-likeness (QED) is 0.887. The van der Waals surface area contributed by atoms with E-state index in [4.69, 9.17) is 5.73 Å². The molecule has 0 aliphatic heterocycles. The Kier molecular flexibility index (Phi) is 5.43. The van der Waals surface area contributed by atoms with Crippen LogP contribution in [0.2, 0.25) is 0 Å². The highest BCUT2D eigenvalue weighted by Crippen LogP contribution is 2.35. The molecule has 0 saturated heterocycles. The Labute approximate surface area is 124 Å². The number of aliphatic hydroxyl groups excluding tert-OH is 1. The van der Waals surface area contributed by atoms with Crippen LogP contribution in [0.4, 0.5) is 0 Å². The summed E-state index contributed by atoms with van der Waals surface area (Å²) in [5.74, 6) is 1.28. The topological polar surface area (TPSA) is 46.2 Å². The SMILES string of the molecule is CC1CCC(C(O)C(CN)c2ccc(Br)cc2)CC1. The number of halogens is 1. The average molecular weight is 326 g/mol. The fourth-order valence-electron chi connectivity index (χ4n) is 3.14. The van der Waals surface area contributed by atoms with Crippen molar-refractivity contribution in [2.45, 2.75) is 44.6 Å². The van der Waals surface area contributed by atoms with Crippen molar-refractivity contribution in [2.75, 3.05) is 6.54 Å². The van der Waals surface area contributed by atoms with Crippen molar-refractivity contribution in [1.82, 2.24) is 0 Å². The van der Waals surface area contributed by atoms with Gasteiger partial charge >= 0.3 is 0 Å². The molecular formula is C16H24BrNO. The summed E-state index contributed by atoms with van der Waals surface area (Å²) in [6, 6.07) is 8.17. The van der Waals surface area contributed by atoms with E-state index in [0.29, 0.717) is 12.5 Å². The third-order valence-corrected chi connectivity index (χ3v) is 5.04. The van der Waals surface area contributed by atoms with Gasteiger partial charge in [0.15, 0.2) is 0 Å². The largest absolute Gasteiger partial charge is 0.392 e. The van der Waals surface area contributed by atoms with E-state index in [1.165, 1.54) is 12.8 Å². The second-order valence-electron chi connectivity index (χ2n) is 5.90. The Morgan fingerprint density at radius 3 is 2.32 bits per heavy atom. The van der Waals surface area contributed by atoms with Crippen LogP contribution in [0.25, 0.3) is 0 Å². The molecule has 2 rings (SSSR count). The molecule has 0 amide bonds. The second kappa shape index (κ2) is 6.87. The molecule has 0 spiro atoms. The van der Waals surface area contributed by atoms with E-state index < -0.39 is 0 Å². The van der Waals surface area contributed by atoms with Crippen LogP contribution in [0.15, 0.2) is 28.7 Å². The lowest BCUT2D eigenvalue weighted by atomic mass is 9.75. The molecule has 2 unspecified atom stereocenters. The first-order valence-corrected chi connectivity index (χ1v) is 8.04. The first-order valence-electron chi connectivity index (χ1n) is 7.25. The number of aliphatic hydroxyl groups is 1. The van der Waals surface area contributed by atoms with E-state index in [1.807, 2.05) is 12.1 Å². The molecule has 2 atom stereocenters. The first kappa shape index (κ1) is 15.0. The summed E-state index contributed by atoms with van der Waals surface area (Å²) in [4.78, 5) is 0. The molecule has 1 aromatic carbocycles. The van der Waals surface area contributed by atoms with Crippen LogP contribution >= 0.6 is 15.9 Å². The zero-order valence-electron chi connectivity index (χ0n) is 11.6. The van der Waals surface area contributed by atoms with Gasteiger partial charge in [0.1, 0.15) is 0 Å². The van der Waals surface area contributed by atoms with Crippen LogP contribution in [-0.4, -0.2) is 17.8 Å². The van der Waals surface area contributed by atoms with E-state index in [0.717, 1.165) is 28.8 Å². The Hall–Kier alpha value is -0.380. The summed E-state index contributed by atoms with van der Waals surface area (Å²) in [5, 5.41) is 10.7. The molecular weight excluding hydrogens is 302 g/mol. The fourth-order valence-corrected chi connectivity index (χ4v) is 3.40. The van der Waals surface area contributed by atoms with E-state index in [-0.39, 0.29) is 12.0 Å². The normalized spacial score (nSPS) is 26.9. The first-order chi connectivity index (χ1) is 9.11. The third kappa shape index (κ3) is 3.80. The van der Waals surface area contributed by atoms with Gasteiger partial charge in [0, 0.05) is 16.9 Å². The van der Waals surface area contributed by atoms with Gasteiger partial charge in [-0.15, -0.1) is 0 Å². The highest BCUT2D eigenvalue weighted by atomic mass is 79.9. The van der Waals surface area contributed by atoms with Crippen LogP contribution in [-0.2, 0) is 0 Å². The van der Waals surface area contributed by atoms with E-state index >= 15 is 0 Å². The third-order valence-electron chi connectivity index (χ3n) is 4.51. The molecule has 1 aromatic rings. The highest BCUT2D eigenvalue weighted by Gasteiger charge is 2.30. The highest BCUT2D eigenvalue weighted by molar-refractivity contribution is 9.10. The lowest BCUT2D eigenvalue weighted by Crippen LogP contribution is -2.34. The van der Waals surface area contributed by atoms with Crippen LogP contribution in [0.3, 0.4) is 0 Å². The maximum atomic E-state index is 10.7. The van der Waals surface area contributed by atoms with Gasteiger partial charge in [-0.1, -0.05) is 47.8 Å². The number of hydrogen-bond donors (Lipinski definition) is 2. The Morgan fingerprint density at radius 2 is 1.79 bits per heavy atom. The molecule has 106 valence electrons. The Morgan fingerprint density at radius 1 is 1.21 bits per heavy atom. The zero-order valence-corrected chi connectivity index (χ0v) is 13.1. The van der Waals surface area contributed by atoms with Crippen molar-refractivity contribution >= 4 is 15.9 Å². The average Bonchev–Trinajstić information content (AvgIpc) is 2.42. The predicted molar refractivity (Wildman–Crippen MR) is 83.1 cm³/mol.